The summed E-state index contributed by atoms with van der Waals surface area (Å²) in [6.45, 7) is 3.48. The van der Waals surface area contributed by atoms with E-state index in [1.165, 1.54) is 0 Å². The fourth-order valence-corrected chi connectivity index (χ4v) is 2.08. The molecule has 1 aliphatic heterocycles. The molecule has 1 heterocycles. The summed E-state index contributed by atoms with van der Waals surface area (Å²) in [5.41, 5.74) is -0.852. The lowest BCUT2D eigenvalue weighted by Gasteiger charge is -2.19. The van der Waals surface area contributed by atoms with Gasteiger partial charge in [-0.2, -0.15) is 0 Å². The minimum Gasteiger partial charge on any atom is -0.481 e. The zero-order valence-corrected chi connectivity index (χ0v) is 9.40. The summed E-state index contributed by atoms with van der Waals surface area (Å²) < 4.78 is 0. The zero-order chi connectivity index (χ0) is 12.1. The lowest BCUT2D eigenvalue weighted by molar-refractivity contribution is -0.147. The third-order valence-corrected chi connectivity index (χ3v) is 3.83. The second kappa shape index (κ2) is 3.30. The van der Waals surface area contributed by atoms with Crippen LogP contribution in [0.4, 0.5) is 0 Å². The van der Waals surface area contributed by atoms with Crippen LogP contribution in [0.25, 0.3) is 0 Å². The van der Waals surface area contributed by atoms with Crippen LogP contribution in [0.5, 0.6) is 0 Å². The Balaban J connectivity index is 2.14. The van der Waals surface area contributed by atoms with Gasteiger partial charge in [0.15, 0.2) is 0 Å². The third kappa shape index (κ3) is 1.42. The molecular weight excluding hydrogens is 210 g/mol. The number of rotatable bonds is 3. The number of hydrogen-bond acceptors (Lipinski definition) is 3. The maximum Gasteiger partial charge on any atom is 0.311 e. The Bertz CT molecular complexity index is 352. The smallest absolute Gasteiger partial charge is 0.311 e. The Kier molecular flexibility index (Phi) is 2.29. The fourth-order valence-electron chi connectivity index (χ4n) is 2.08. The van der Waals surface area contributed by atoms with Gasteiger partial charge in [-0.15, -0.1) is 0 Å². The number of carboxylic acid groups (broad SMARTS) is 1. The predicted molar refractivity (Wildman–Crippen MR) is 54.4 cm³/mol. The summed E-state index contributed by atoms with van der Waals surface area (Å²) in [6.07, 6.45) is 1.12. The van der Waals surface area contributed by atoms with Gasteiger partial charge in [-0.25, -0.2) is 0 Å². The molecule has 2 unspecified atom stereocenters. The van der Waals surface area contributed by atoms with Crippen molar-refractivity contribution in [3.63, 3.8) is 0 Å². The molecule has 0 radical (unpaired) electrons. The summed E-state index contributed by atoms with van der Waals surface area (Å²) in [4.78, 5) is 35.7. The Morgan fingerprint density at radius 2 is 1.75 bits per heavy atom. The maximum absolute atomic E-state index is 11.8. The molecule has 0 aromatic carbocycles. The first kappa shape index (κ1) is 11.1. The minimum absolute atomic E-state index is 0.0503. The summed E-state index contributed by atoms with van der Waals surface area (Å²) in [5.74, 6) is -2.01. The highest BCUT2D eigenvalue weighted by atomic mass is 16.4. The van der Waals surface area contributed by atoms with Crippen molar-refractivity contribution in [2.45, 2.75) is 26.7 Å². The maximum atomic E-state index is 11.8. The van der Waals surface area contributed by atoms with Crippen LogP contribution in [-0.2, 0) is 14.4 Å². The number of carbonyl (C=O) groups is 3. The molecule has 1 aliphatic carbocycles. The summed E-state index contributed by atoms with van der Waals surface area (Å²) in [7, 11) is 0. The topological polar surface area (TPSA) is 74.7 Å². The van der Waals surface area contributed by atoms with Gasteiger partial charge in [0.1, 0.15) is 0 Å². The van der Waals surface area contributed by atoms with E-state index in [4.69, 9.17) is 5.11 Å². The largest absolute Gasteiger partial charge is 0.481 e. The molecule has 88 valence electrons. The second-order valence-electron chi connectivity index (χ2n) is 4.93. The van der Waals surface area contributed by atoms with Gasteiger partial charge in [-0.05, 0) is 12.8 Å². The van der Waals surface area contributed by atoms with Crippen molar-refractivity contribution in [3.8, 4) is 0 Å². The van der Waals surface area contributed by atoms with Crippen LogP contribution in [0.2, 0.25) is 0 Å². The van der Waals surface area contributed by atoms with Crippen LogP contribution in [0.15, 0.2) is 0 Å². The summed E-state index contributed by atoms with van der Waals surface area (Å²) in [6, 6.07) is 0. The van der Waals surface area contributed by atoms with Gasteiger partial charge in [0.2, 0.25) is 11.8 Å². The standard InChI is InChI=1S/C11H15NO4/c1-6-7(2)9(14)12(8(6)13)5-11(3-4-11)10(15)16/h6-7H,3-5H2,1-2H3,(H,15,16). The van der Waals surface area contributed by atoms with E-state index >= 15 is 0 Å². The zero-order valence-electron chi connectivity index (χ0n) is 9.40. The normalized spacial score (nSPS) is 32.0. The van der Waals surface area contributed by atoms with E-state index in [0.717, 1.165) is 4.90 Å². The number of hydrogen-bond donors (Lipinski definition) is 1. The van der Waals surface area contributed by atoms with Crippen molar-refractivity contribution in [1.82, 2.24) is 4.90 Å². The van der Waals surface area contributed by atoms with Crippen molar-refractivity contribution in [2.75, 3.05) is 6.54 Å². The van der Waals surface area contributed by atoms with Gasteiger partial charge >= 0.3 is 5.97 Å². The SMILES string of the molecule is CC1C(=O)N(CC2(C(=O)O)CC2)C(=O)C1C. The molecule has 2 amide bonds. The van der Waals surface area contributed by atoms with Crippen LogP contribution in [0.1, 0.15) is 26.7 Å². The second-order valence-corrected chi connectivity index (χ2v) is 4.93. The molecule has 5 heteroatoms. The highest BCUT2D eigenvalue weighted by Gasteiger charge is 2.55. The van der Waals surface area contributed by atoms with Crippen LogP contribution < -0.4 is 0 Å². The molecule has 0 spiro atoms. The average molecular weight is 225 g/mol. The monoisotopic (exact) mass is 225 g/mol. The molecule has 5 nitrogen and oxygen atoms in total. The molecule has 0 aromatic heterocycles. The summed E-state index contributed by atoms with van der Waals surface area (Å²) >= 11 is 0. The molecule has 1 saturated heterocycles. The van der Waals surface area contributed by atoms with Gasteiger partial charge in [0.05, 0.1) is 5.41 Å². The van der Waals surface area contributed by atoms with Crippen molar-refractivity contribution in [2.24, 2.45) is 17.3 Å². The van der Waals surface area contributed by atoms with Gasteiger partial charge < -0.3 is 5.11 Å². The van der Waals surface area contributed by atoms with Crippen molar-refractivity contribution < 1.29 is 19.5 Å². The number of amides is 2. The molecule has 0 aromatic rings. The van der Waals surface area contributed by atoms with E-state index < -0.39 is 11.4 Å². The molecular formula is C11H15NO4. The molecule has 1 saturated carbocycles. The van der Waals surface area contributed by atoms with E-state index in [9.17, 15) is 14.4 Å². The van der Waals surface area contributed by atoms with Crippen LogP contribution in [0, 0.1) is 17.3 Å². The predicted octanol–water partition coefficient (Wildman–Crippen LogP) is 0.492. The highest BCUT2D eigenvalue weighted by molar-refractivity contribution is 6.05. The molecule has 2 fully saturated rings. The van der Waals surface area contributed by atoms with Gasteiger partial charge in [-0.3, -0.25) is 19.3 Å². The Hall–Kier alpha value is -1.39. The summed E-state index contributed by atoms with van der Waals surface area (Å²) in [5, 5.41) is 9.02. The molecule has 2 atom stereocenters. The quantitative estimate of drug-likeness (QED) is 0.709. The van der Waals surface area contributed by atoms with Gasteiger partial charge in [0.25, 0.3) is 0 Å². The number of carboxylic acids is 1. The van der Waals surface area contributed by atoms with E-state index in [1.807, 2.05) is 0 Å². The lowest BCUT2D eigenvalue weighted by atomic mass is 10.00. The minimum atomic E-state index is -0.902. The first-order valence-corrected chi connectivity index (χ1v) is 5.48. The fraction of sp³-hybridized carbons (Fsp3) is 0.727. The number of likely N-dealkylation sites (tertiary alicyclic amines) is 1. The van der Waals surface area contributed by atoms with Gasteiger partial charge in [-0.1, -0.05) is 13.8 Å². The van der Waals surface area contributed by atoms with Crippen molar-refractivity contribution in [1.29, 1.82) is 0 Å². The van der Waals surface area contributed by atoms with E-state index in [2.05, 4.69) is 0 Å². The number of imide groups is 1. The molecule has 0 bridgehead atoms. The van der Waals surface area contributed by atoms with E-state index in [1.54, 1.807) is 13.8 Å². The Morgan fingerprint density at radius 3 is 2.06 bits per heavy atom. The van der Waals surface area contributed by atoms with Crippen LogP contribution in [0.3, 0.4) is 0 Å². The molecule has 1 N–H and O–H groups in total. The van der Waals surface area contributed by atoms with Gasteiger partial charge in [0, 0.05) is 18.4 Å². The average Bonchev–Trinajstić information content (AvgIpc) is 2.99. The first-order chi connectivity index (χ1) is 7.39. The van der Waals surface area contributed by atoms with Crippen LogP contribution >= 0.6 is 0 Å². The number of carbonyl (C=O) groups excluding carboxylic acids is 2. The van der Waals surface area contributed by atoms with E-state index in [-0.39, 0.29) is 30.2 Å². The first-order valence-electron chi connectivity index (χ1n) is 5.48. The molecule has 2 aliphatic rings. The Morgan fingerprint density at radius 1 is 1.31 bits per heavy atom. The van der Waals surface area contributed by atoms with Crippen molar-refractivity contribution in [3.05, 3.63) is 0 Å². The molecule has 16 heavy (non-hydrogen) atoms. The number of aliphatic carboxylic acids is 1. The van der Waals surface area contributed by atoms with Crippen LogP contribution in [-0.4, -0.2) is 34.3 Å². The molecule has 2 rings (SSSR count). The number of nitrogens with zero attached hydrogens (tertiary/aromatic N) is 1. The highest BCUT2D eigenvalue weighted by Crippen LogP contribution is 2.47. The third-order valence-electron chi connectivity index (χ3n) is 3.83. The van der Waals surface area contributed by atoms with Crippen molar-refractivity contribution >= 4 is 17.8 Å². The lowest BCUT2D eigenvalue weighted by Crippen LogP contribution is -2.39. The Labute approximate surface area is 93.4 Å². The van der Waals surface area contributed by atoms with E-state index in [0.29, 0.717) is 12.8 Å².